The maximum atomic E-state index is 5.38. The summed E-state index contributed by atoms with van der Waals surface area (Å²) in [6.45, 7) is 5.06. The summed E-state index contributed by atoms with van der Waals surface area (Å²) >= 11 is 0. The molecule has 2 aromatic rings. The number of aromatic nitrogens is 3. The molecule has 2 aromatic heterocycles. The van der Waals surface area contributed by atoms with E-state index in [9.17, 15) is 0 Å². The zero-order valence-electron chi connectivity index (χ0n) is 11.1. The molecule has 1 unspecified atom stereocenters. The lowest BCUT2D eigenvalue weighted by Crippen LogP contribution is -2.35. The van der Waals surface area contributed by atoms with Crippen LogP contribution in [-0.2, 0) is 13.1 Å². The highest BCUT2D eigenvalue weighted by molar-refractivity contribution is 5.14. The average molecular weight is 258 g/mol. The lowest BCUT2D eigenvalue weighted by Gasteiger charge is -2.33. The van der Waals surface area contributed by atoms with Crippen LogP contribution in [0.25, 0.3) is 0 Å². The Bertz CT molecular complexity index is 584. The molecule has 0 N–H and O–H groups in total. The largest absolute Gasteiger partial charge is 0.349 e. The number of hydrogen-bond acceptors (Lipinski definition) is 4. The standard InChI is InChI=1S/C14H18N4O/c1-10-12-3-2-6-17(12)7-8-18(10)9-13-15-14(16-19-13)11-4-5-11/h2-3,6,10-11H,4-5,7-9H2,1H3. The van der Waals surface area contributed by atoms with Crippen molar-refractivity contribution in [3.8, 4) is 0 Å². The second kappa shape index (κ2) is 4.20. The molecule has 0 radical (unpaired) electrons. The van der Waals surface area contributed by atoms with Gasteiger partial charge in [0, 0.05) is 36.9 Å². The quantitative estimate of drug-likeness (QED) is 0.847. The van der Waals surface area contributed by atoms with E-state index >= 15 is 0 Å². The van der Waals surface area contributed by atoms with Crippen molar-refractivity contribution in [3.05, 3.63) is 35.7 Å². The van der Waals surface area contributed by atoms with Gasteiger partial charge in [-0.15, -0.1) is 0 Å². The molecule has 0 saturated heterocycles. The van der Waals surface area contributed by atoms with Gasteiger partial charge in [-0.05, 0) is 31.9 Å². The van der Waals surface area contributed by atoms with E-state index in [1.165, 1.54) is 18.5 Å². The molecule has 100 valence electrons. The maximum absolute atomic E-state index is 5.38. The first-order valence-electron chi connectivity index (χ1n) is 7.03. The smallest absolute Gasteiger partial charge is 0.240 e. The van der Waals surface area contributed by atoms with Gasteiger partial charge in [0.05, 0.1) is 6.54 Å². The van der Waals surface area contributed by atoms with Crippen molar-refractivity contribution < 1.29 is 4.52 Å². The van der Waals surface area contributed by atoms with Crippen LogP contribution in [0, 0.1) is 0 Å². The Morgan fingerprint density at radius 3 is 3.11 bits per heavy atom. The summed E-state index contributed by atoms with van der Waals surface area (Å²) in [6, 6.07) is 4.72. The van der Waals surface area contributed by atoms with E-state index in [0.717, 1.165) is 31.3 Å². The highest BCUT2D eigenvalue weighted by Crippen LogP contribution is 2.38. The average Bonchev–Trinajstić information content (AvgIpc) is 2.98. The first-order valence-corrected chi connectivity index (χ1v) is 7.03. The summed E-state index contributed by atoms with van der Waals surface area (Å²) in [5.74, 6) is 2.23. The molecule has 5 heteroatoms. The Labute approximate surface area is 112 Å². The lowest BCUT2D eigenvalue weighted by molar-refractivity contribution is 0.141. The van der Waals surface area contributed by atoms with Gasteiger partial charge in [0.25, 0.3) is 0 Å². The molecular formula is C14H18N4O. The van der Waals surface area contributed by atoms with Crippen LogP contribution in [0.5, 0.6) is 0 Å². The van der Waals surface area contributed by atoms with E-state index in [2.05, 4.69) is 44.9 Å². The summed E-state index contributed by atoms with van der Waals surface area (Å²) in [5.41, 5.74) is 1.37. The van der Waals surface area contributed by atoms with E-state index in [-0.39, 0.29) is 0 Å². The topological polar surface area (TPSA) is 47.1 Å². The first-order chi connectivity index (χ1) is 9.31. The molecule has 1 aliphatic carbocycles. The molecule has 1 saturated carbocycles. The van der Waals surface area contributed by atoms with Gasteiger partial charge < -0.3 is 9.09 Å². The monoisotopic (exact) mass is 258 g/mol. The van der Waals surface area contributed by atoms with Crippen LogP contribution < -0.4 is 0 Å². The fourth-order valence-electron chi connectivity index (χ4n) is 2.86. The van der Waals surface area contributed by atoms with Crippen LogP contribution in [0.1, 0.15) is 49.1 Å². The van der Waals surface area contributed by atoms with Crippen LogP contribution in [0.2, 0.25) is 0 Å². The molecule has 0 amide bonds. The van der Waals surface area contributed by atoms with Crippen LogP contribution in [0.4, 0.5) is 0 Å². The van der Waals surface area contributed by atoms with Crippen molar-refractivity contribution in [2.75, 3.05) is 6.54 Å². The predicted octanol–water partition coefficient (Wildman–Crippen LogP) is 2.33. The van der Waals surface area contributed by atoms with Gasteiger partial charge in [-0.2, -0.15) is 4.98 Å². The van der Waals surface area contributed by atoms with E-state index < -0.39 is 0 Å². The van der Waals surface area contributed by atoms with Gasteiger partial charge in [-0.3, -0.25) is 4.90 Å². The lowest BCUT2D eigenvalue weighted by atomic mass is 10.1. The minimum atomic E-state index is 0.403. The normalized spacial score (nSPS) is 23.5. The molecular weight excluding hydrogens is 240 g/mol. The fraction of sp³-hybridized carbons (Fsp3) is 0.571. The van der Waals surface area contributed by atoms with E-state index in [1.807, 2.05) is 0 Å². The molecule has 4 rings (SSSR count). The minimum Gasteiger partial charge on any atom is -0.349 e. The Morgan fingerprint density at radius 1 is 1.37 bits per heavy atom. The number of fused-ring (bicyclic) bond motifs is 1. The Kier molecular flexibility index (Phi) is 2.48. The highest BCUT2D eigenvalue weighted by Gasteiger charge is 2.30. The summed E-state index contributed by atoms with van der Waals surface area (Å²) in [4.78, 5) is 6.92. The Balaban J connectivity index is 1.50. The van der Waals surface area contributed by atoms with Crippen molar-refractivity contribution in [2.45, 2.75) is 44.8 Å². The molecule has 3 heterocycles. The van der Waals surface area contributed by atoms with E-state index in [0.29, 0.717) is 12.0 Å². The molecule has 1 atom stereocenters. The van der Waals surface area contributed by atoms with Gasteiger partial charge in [-0.25, -0.2) is 0 Å². The maximum Gasteiger partial charge on any atom is 0.240 e. The molecule has 0 spiro atoms. The van der Waals surface area contributed by atoms with Crippen molar-refractivity contribution >= 4 is 0 Å². The third-order valence-corrected chi connectivity index (χ3v) is 4.23. The van der Waals surface area contributed by atoms with Gasteiger partial charge in [0.1, 0.15) is 0 Å². The van der Waals surface area contributed by atoms with Crippen LogP contribution in [0.3, 0.4) is 0 Å². The third-order valence-electron chi connectivity index (χ3n) is 4.23. The second-order valence-corrected chi connectivity index (χ2v) is 5.59. The number of nitrogens with zero attached hydrogens (tertiary/aromatic N) is 4. The fourth-order valence-corrected chi connectivity index (χ4v) is 2.86. The Hall–Kier alpha value is -1.62. The second-order valence-electron chi connectivity index (χ2n) is 5.59. The van der Waals surface area contributed by atoms with Crippen LogP contribution in [0.15, 0.2) is 22.9 Å². The SMILES string of the molecule is CC1c2cccn2CCN1Cc1nc(C2CC2)no1. The molecule has 0 aromatic carbocycles. The van der Waals surface area contributed by atoms with Gasteiger partial charge >= 0.3 is 0 Å². The molecule has 5 nitrogen and oxygen atoms in total. The molecule has 0 bridgehead atoms. The van der Waals surface area contributed by atoms with Crippen molar-refractivity contribution in [1.29, 1.82) is 0 Å². The molecule has 1 aliphatic heterocycles. The summed E-state index contributed by atoms with van der Waals surface area (Å²) in [7, 11) is 0. The van der Waals surface area contributed by atoms with Crippen molar-refractivity contribution in [2.24, 2.45) is 0 Å². The zero-order chi connectivity index (χ0) is 12.8. The van der Waals surface area contributed by atoms with Crippen LogP contribution in [-0.4, -0.2) is 26.2 Å². The summed E-state index contributed by atoms with van der Waals surface area (Å²) in [5, 5.41) is 4.09. The molecule has 19 heavy (non-hydrogen) atoms. The number of hydrogen-bond donors (Lipinski definition) is 0. The third kappa shape index (κ3) is 1.98. The van der Waals surface area contributed by atoms with Gasteiger partial charge in [0.2, 0.25) is 5.89 Å². The van der Waals surface area contributed by atoms with E-state index in [1.54, 1.807) is 0 Å². The zero-order valence-corrected chi connectivity index (χ0v) is 11.1. The minimum absolute atomic E-state index is 0.403. The predicted molar refractivity (Wildman–Crippen MR) is 69.5 cm³/mol. The van der Waals surface area contributed by atoms with Gasteiger partial charge in [-0.1, -0.05) is 5.16 Å². The summed E-state index contributed by atoms with van der Waals surface area (Å²) in [6.07, 6.45) is 4.58. The van der Waals surface area contributed by atoms with Gasteiger partial charge in [0.15, 0.2) is 5.82 Å². The summed E-state index contributed by atoms with van der Waals surface area (Å²) < 4.78 is 7.70. The highest BCUT2D eigenvalue weighted by atomic mass is 16.5. The Morgan fingerprint density at radius 2 is 2.26 bits per heavy atom. The van der Waals surface area contributed by atoms with Crippen LogP contribution >= 0.6 is 0 Å². The molecule has 2 aliphatic rings. The number of rotatable bonds is 3. The van der Waals surface area contributed by atoms with E-state index in [4.69, 9.17) is 4.52 Å². The molecule has 1 fully saturated rings. The van der Waals surface area contributed by atoms with Crippen molar-refractivity contribution in [3.63, 3.8) is 0 Å². The first kappa shape index (κ1) is 11.2. The van der Waals surface area contributed by atoms with Crippen molar-refractivity contribution in [1.82, 2.24) is 19.6 Å².